The van der Waals surface area contributed by atoms with E-state index in [-0.39, 0.29) is 0 Å². The molecule has 1 saturated carbocycles. The molecule has 2 nitrogen and oxygen atoms in total. The molecule has 1 heterocycles. The first-order valence-electron chi connectivity index (χ1n) is 6.18. The third-order valence-corrected chi connectivity index (χ3v) is 3.83. The summed E-state index contributed by atoms with van der Waals surface area (Å²) in [5.74, 6) is 0. The molecule has 2 atom stereocenters. The van der Waals surface area contributed by atoms with Crippen molar-refractivity contribution in [3.05, 3.63) is 0 Å². The van der Waals surface area contributed by atoms with E-state index in [1.807, 2.05) is 7.11 Å². The molecular weight excluding hydrogens is 174 g/mol. The first-order valence-corrected chi connectivity index (χ1v) is 6.18. The summed E-state index contributed by atoms with van der Waals surface area (Å²) >= 11 is 0. The Morgan fingerprint density at radius 2 is 1.64 bits per heavy atom. The fraction of sp³-hybridized carbons (Fsp3) is 1.00. The van der Waals surface area contributed by atoms with E-state index >= 15 is 0 Å². The van der Waals surface area contributed by atoms with Gasteiger partial charge in [0.15, 0.2) is 0 Å². The SMILES string of the molecule is COC1CCCC1N1CCCCCC1. The topological polar surface area (TPSA) is 12.5 Å². The Hall–Kier alpha value is -0.0800. The van der Waals surface area contributed by atoms with E-state index in [0.717, 1.165) is 6.04 Å². The standard InChI is InChI=1S/C12H23NO/c1-14-12-8-6-7-11(12)13-9-4-2-3-5-10-13/h11-12H,2-10H2,1H3. The van der Waals surface area contributed by atoms with Gasteiger partial charge in [-0.1, -0.05) is 12.8 Å². The third kappa shape index (κ3) is 2.29. The Kier molecular flexibility index (Phi) is 3.82. The van der Waals surface area contributed by atoms with Gasteiger partial charge in [-0.2, -0.15) is 0 Å². The molecule has 1 saturated heterocycles. The largest absolute Gasteiger partial charge is 0.380 e. The molecule has 2 rings (SSSR count). The molecule has 0 spiro atoms. The third-order valence-electron chi connectivity index (χ3n) is 3.83. The quantitative estimate of drug-likeness (QED) is 0.674. The molecule has 2 aliphatic rings. The summed E-state index contributed by atoms with van der Waals surface area (Å²) < 4.78 is 5.58. The van der Waals surface area contributed by atoms with E-state index in [2.05, 4.69) is 4.90 Å². The molecule has 0 N–H and O–H groups in total. The van der Waals surface area contributed by atoms with E-state index in [1.165, 1.54) is 58.0 Å². The monoisotopic (exact) mass is 197 g/mol. The normalized spacial score (nSPS) is 35.8. The van der Waals surface area contributed by atoms with Gasteiger partial charge in [0.25, 0.3) is 0 Å². The zero-order valence-corrected chi connectivity index (χ0v) is 9.37. The van der Waals surface area contributed by atoms with Gasteiger partial charge in [-0.25, -0.2) is 0 Å². The van der Waals surface area contributed by atoms with Crippen molar-refractivity contribution >= 4 is 0 Å². The van der Waals surface area contributed by atoms with E-state index in [4.69, 9.17) is 4.74 Å². The van der Waals surface area contributed by atoms with E-state index < -0.39 is 0 Å². The smallest absolute Gasteiger partial charge is 0.0726 e. The minimum absolute atomic E-state index is 0.521. The van der Waals surface area contributed by atoms with Crippen molar-refractivity contribution in [3.8, 4) is 0 Å². The molecule has 0 bridgehead atoms. The van der Waals surface area contributed by atoms with Crippen LogP contribution in [0.1, 0.15) is 44.9 Å². The van der Waals surface area contributed by atoms with Gasteiger partial charge in [0, 0.05) is 13.2 Å². The summed E-state index contributed by atoms with van der Waals surface area (Å²) in [6.07, 6.45) is 10.2. The molecule has 2 fully saturated rings. The summed E-state index contributed by atoms with van der Waals surface area (Å²) in [4.78, 5) is 2.69. The number of methoxy groups -OCH3 is 1. The van der Waals surface area contributed by atoms with Crippen LogP contribution in [-0.4, -0.2) is 37.2 Å². The highest BCUT2D eigenvalue weighted by Crippen LogP contribution is 2.28. The number of rotatable bonds is 2. The van der Waals surface area contributed by atoms with Gasteiger partial charge < -0.3 is 4.74 Å². The lowest BCUT2D eigenvalue weighted by molar-refractivity contribution is 0.0341. The van der Waals surface area contributed by atoms with Crippen molar-refractivity contribution in [2.24, 2.45) is 0 Å². The highest BCUT2D eigenvalue weighted by atomic mass is 16.5. The van der Waals surface area contributed by atoms with Gasteiger partial charge in [-0.3, -0.25) is 4.90 Å². The molecule has 1 aliphatic heterocycles. The zero-order chi connectivity index (χ0) is 9.80. The van der Waals surface area contributed by atoms with Crippen LogP contribution in [-0.2, 0) is 4.74 Å². The average Bonchev–Trinajstić information content (AvgIpc) is 2.52. The predicted molar refractivity (Wildman–Crippen MR) is 58.5 cm³/mol. The summed E-state index contributed by atoms with van der Waals surface area (Å²) in [6, 6.07) is 0.734. The highest BCUT2D eigenvalue weighted by molar-refractivity contribution is 4.86. The molecule has 82 valence electrons. The van der Waals surface area contributed by atoms with Crippen molar-refractivity contribution in [2.75, 3.05) is 20.2 Å². The summed E-state index contributed by atoms with van der Waals surface area (Å²) in [5.41, 5.74) is 0. The zero-order valence-electron chi connectivity index (χ0n) is 9.37. The highest BCUT2D eigenvalue weighted by Gasteiger charge is 2.31. The van der Waals surface area contributed by atoms with Gasteiger partial charge in [-0.15, -0.1) is 0 Å². The molecule has 0 aromatic rings. The van der Waals surface area contributed by atoms with Gasteiger partial charge in [-0.05, 0) is 45.2 Å². The summed E-state index contributed by atoms with van der Waals surface area (Å²) in [5, 5.41) is 0. The van der Waals surface area contributed by atoms with Crippen LogP contribution in [0.3, 0.4) is 0 Å². The van der Waals surface area contributed by atoms with E-state index in [9.17, 15) is 0 Å². The van der Waals surface area contributed by atoms with Crippen LogP contribution in [0, 0.1) is 0 Å². The Labute approximate surface area is 87.6 Å². The van der Waals surface area contributed by atoms with Crippen LogP contribution in [0.5, 0.6) is 0 Å². The predicted octanol–water partition coefficient (Wildman–Crippen LogP) is 2.43. The molecular formula is C12H23NO. The first-order chi connectivity index (χ1) is 6.92. The lowest BCUT2D eigenvalue weighted by Crippen LogP contribution is -2.41. The second kappa shape index (κ2) is 5.13. The minimum atomic E-state index is 0.521. The maximum absolute atomic E-state index is 5.58. The average molecular weight is 197 g/mol. The van der Waals surface area contributed by atoms with Crippen molar-refractivity contribution in [1.82, 2.24) is 4.90 Å². The van der Waals surface area contributed by atoms with Crippen LogP contribution in [0.15, 0.2) is 0 Å². The van der Waals surface area contributed by atoms with E-state index in [0.29, 0.717) is 6.10 Å². The molecule has 0 aromatic carbocycles. The minimum Gasteiger partial charge on any atom is -0.380 e. The van der Waals surface area contributed by atoms with Crippen molar-refractivity contribution < 1.29 is 4.74 Å². The molecule has 1 aliphatic carbocycles. The van der Waals surface area contributed by atoms with E-state index in [1.54, 1.807) is 0 Å². The molecule has 2 heteroatoms. The number of nitrogens with zero attached hydrogens (tertiary/aromatic N) is 1. The second-order valence-electron chi connectivity index (χ2n) is 4.72. The molecule has 0 aromatic heterocycles. The Morgan fingerprint density at radius 1 is 0.929 bits per heavy atom. The van der Waals surface area contributed by atoms with Crippen LogP contribution < -0.4 is 0 Å². The molecule has 2 unspecified atom stereocenters. The first kappa shape index (κ1) is 10.4. The second-order valence-corrected chi connectivity index (χ2v) is 4.72. The molecule has 0 amide bonds. The number of hydrogen-bond acceptors (Lipinski definition) is 2. The Bertz CT molecular complexity index is 164. The Morgan fingerprint density at radius 3 is 2.29 bits per heavy atom. The number of hydrogen-bond donors (Lipinski definition) is 0. The van der Waals surface area contributed by atoms with Gasteiger partial charge in [0.2, 0.25) is 0 Å². The lowest BCUT2D eigenvalue weighted by Gasteiger charge is -2.31. The fourth-order valence-corrected chi connectivity index (χ4v) is 3.03. The van der Waals surface area contributed by atoms with Crippen LogP contribution >= 0.6 is 0 Å². The molecule has 14 heavy (non-hydrogen) atoms. The van der Waals surface area contributed by atoms with Gasteiger partial charge in [0.1, 0.15) is 0 Å². The summed E-state index contributed by atoms with van der Waals surface area (Å²) in [7, 11) is 1.88. The fourth-order valence-electron chi connectivity index (χ4n) is 3.03. The molecule has 0 radical (unpaired) electrons. The maximum Gasteiger partial charge on any atom is 0.0726 e. The summed E-state index contributed by atoms with van der Waals surface area (Å²) in [6.45, 7) is 2.62. The Balaban J connectivity index is 1.91. The van der Waals surface area contributed by atoms with Gasteiger partial charge >= 0.3 is 0 Å². The number of ether oxygens (including phenoxy) is 1. The van der Waals surface area contributed by atoms with Crippen LogP contribution in [0.4, 0.5) is 0 Å². The van der Waals surface area contributed by atoms with Crippen LogP contribution in [0.2, 0.25) is 0 Å². The maximum atomic E-state index is 5.58. The van der Waals surface area contributed by atoms with Crippen LogP contribution in [0.25, 0.3) is 0 Å². The van der Waals surface area contributed by atoms with Gasteiger partial charge in [0.05, 0.1) is 6.10 Å². The van der Waals surface area contributed by atoms with Crippen molar-refractivity contribution in [1.29, 1.82) is 0 Å². The van der Waals surface area contributed by atoms with Crippen molar-refractivity contribution in [2.45, 2.75) is 57.1 Å². The number of likely N-dealkylation sites (tertiary alicyclic amines) is 1. The van der Waals surface area contributed by atoms with Crippen molar-refractivity contribution in [3.63, 3.8) is 0 Å². The lowest BCUT2D eigenvalue weighted by atomic mass is 10.1.